The van der Waals surface area contributed by atoms with Crippen LogP contribution in [0, 0.1) is 0 Å². The van der Waals surface area contributed by atoms with Gasteiger partial charge in [0.2, 0.25) is 0 Å². The van der Waals surface area contributed by atoms with Gasteiger partial charge in [-0.05, 0) is 42.0 Å². The van der Waals surface area contributed by atoms with Crippen molar-refractivity contribution in [3.05, 3.63) is 71.8 Å². The fourth-order valence-corrected chi connectivity index (χ4v) is 2.10. The van der Waals surface area contributed by atoms with Crippen molar-refractivity contribution in [3.63, 3.8) is 0 Å². The van der Waals surface area contributed by atoms with Crippen molar-refractivity contribution in [2.45, 2.75) is 6.54 Å². The van der Waals surface area contributed by atoms with Gasteiger partial charge in [0.15, 0.2) is 0 Å². The minimum Gasteiger partial charge on any atom is -0.490 e. The molecule has 0 aliphatic heterocycles. The molecule has 124 valence electrons. The molecular weight excluding hydrogens is 328 g/mol. The number of rotatable bonds is 6. The van der Waals surface area contributed by atoms with Crippen LogP contribution < -0.4 is 15.4 Å². The average Bonchev–Trinajstić information content (AvgIpc) is 2.59. The molecular formula is C18H17ClN2O3. The van der Waals surface area contributed by atoms with Crippen molar-refractivity contribution in [2.24, 2.45) is 0 Å². The third-order valence-electron chi connectivity index (χ3n) is 3.03. The highest BCUT2D eigenvalue weighted by molar-refractivity contribution is 6.39. The van der Waals surface area contributed by atoms with Gasteiger partial charge in [-0.3, -0.25) is 9.59 Å². The number of hydrogen-bond acceptors (Lipinski definition) is 3. The molecule has 0 bridgehead atoms. The molecule has 2 rings (SSSR count). The van der Waals surface area contributed by atoms with Crippen molar-refractivity contribution >= 4 is 29.1 Å². The van der Waals surface area contributed by atoms with E-state index in [0.29, 0.717) is 23.1 Å². The SMILES string of the molecule is C=CCOc1ccc(NC(=O)C(=O)NCc2cccc(Cl)c2)cc1. The lowest BCUT2D eigenvalue weighted by Crippen LogP contribution is -2.34. The molecule has 0 saturated heterocycles. The zero-order valence-electron chi connectivity index (χ0n) is 12.9. The molecule has 5 nitrogen and oxygen atoms in total. The minimum atomic E-state index is -0.739. The second-order valence-corrected chi connectivity index (χ2v) is 5.33. The third kappa shape index (κ3) is 5.44. The van der Waals surface area contributed by atoms with Gasteiger partial charge < -0.3 is 15.4 Å². The number of carbonyl (C=O) groups is 2. The Bertz CT molecular complexity index is 729. The monoisotopic (exact) mass is 344 g/mol. The van der Waals surface area contributed by atoms with Gasteiger partial charge in [0.05, 0.1) is 0 Å². The molecule has 2 aromatic carbocycles. The normalized spacial score (nSPS) is 9.88. The number of amides is 2. The van der Waals surface area contributed by atoms with Gasteiger partial charge in [-0.15, -0.1) is 0 Å². The zero-order chi connectivity index (χ0) is 17.4. The summed E-state index contributed by atoms with van der Waals surface area (Å²) in [4.78, 5) is 23.7. The van der Waals surface area contributed by atoms with E-state index in [1.54, 1.807) is 48.5 Å². The Kier molecular flexibility index (Phi) is 6.40. The Morgan fingerprint density at radius 1 is 1.12 bits per heavy atom. The fraction of sp³-hybridized carbons (Fsp3) is 0.111. The second-order valence-electron chi connectivity index (χ2n) is 4.89. The number of carbonyl (C=O) groups excluding carboxylic acids is 2. The number of halogens is 1. The number of benzene rings is 2. The summed E-state index contributed by atoms with van der Waals surface area (Å²) in [5.41, 5.74) is 1.32. The molecule has 2 aromatic rings. The zero-order valence-corrected chi connectivity index (χ0v) is 13.7. The van der Waals surface area contributed by atoms with Crippen LogP contribution in [0.4, 0.5) is 5.69 Å². The molecule has 0 aliphatic carbocycles. The molecule has 0 saturated carbocycles. The van der Waals surface area contributed by atoms with Crippen molar-refractivity contribution in [3.8, 4) is 5.75 Å². The molecule has 6 heteroatoms. The van der Waals surface area contributed by atoms with Gasteiger partial charge in [0, 0.05) is 17.3 Å². The first-order valence-corrected chi connectivity index (χ1v) is 7.63. The van der Waals surface area contributed by atoms with E-state index in [-0.39, 0.29) is 6.54 Å². The molecule has 0 aliphatic rings. The summed E-state index contributed by atoms with van der Waals surface area (Å²) in [5, 5.41) is 5.63. The molecule has 0 fully saturated rings. The van der Waals surface area contributed by atoms with Crippen LogP contribution in [0.2, 0.25) is 5.02 Å². The lowest BCUT2D eigenvalue weighted by molar-refractivity contribution is -0.136. The summed E-state index contributed by atoms with van der Waals surface area (Å²) in [6.45, 7) is 4.19. The number of hydrogen-bond donors (Lipinski definition) is 2. The molecule has 2 amide bonds. The Morgan fingerprint density at radius 2 is 1.88 bits per heavy atom. The highest BCUT2D eigenvalue weighted by atomic mass is 35.5. The Morgan fingerprint density at radius 3 is 2.54 bits per heavy atom. The fourth-order valence-electron chi connectivity index (χ4n) is 1.89. The highest BCUT2D eigenvalue weighted by Gasteiger charge is 2.13. The van der Waals surface area contributed by atoms with Crippen LogP contribution in [0.15, 0.2) is 61.2 Å². The van der Waals surface area contributed by atoms with E-state index >= 15 is 0 Å². The van der Waals surface area contributed by atoms with Crippen molar-refractivity contribution < 1.29 is 14.3 Å². The maximum atomic E-state index is 11.9. The van der Waals surface area contributed by atoms with Gasteiger partial charge >= 0.3 is 11.8 Å². The minimum absolute atomic E-state index is 0.223. The highest BCUT2D eigenvalue weighted by Crippen LogP contribution is 2.15. The third-order valence-corrected chi connectivity index (χ3v) is 3.26. The summed E-state index contributed by atoms with van der Waals surface area (Å²) in [6, 6.07) is 13.8. The van der Waals surface area contributed by atoms with E-state index in [2.05, 4.69) is 17.2 Å². The van der Waals surface area contributed by atoms with E-state index in [4.69, 9.17) is 16.3 Å². The summed E-state index contributed by atoms with van der Waals surface area (Å²) < 4.78 is 5.34. The molecule has 0 atom stereocenters. The molecule has 0 heterocycles. The van der Waals surface area contributed by atoms with E-state index in [1.165, 1.54) is 0 Å². The lowest BCUT2D eigenvalue weighted by Gasteiger charge is -2.08. The summed E-state index contributed by atoms with van der Waals surface area (Å²) in [6.07, 6.45) is 1.64. The molecule has 0 radical (unpaired) electrons. The van der Waals surface area contributed by atoms with Gasteiger partial charge in [-0.25, -0.2) is 0 Å². The molecule has 0 aromatic heterocycles. The first kappa shape index (κ1) is 17.6. The van der Waals surface area contributed by atoms with E-state index in [9.17, 15) is 9.59 Å². The van der Waals surface area contributed by atoms with Crippen LogP contribution >= 0.6 is 11.6 Å². The number of anilines is 1. The van der Waals surface area contributed by atoms with Gasteiger partial charge in [-0.1, -0.05) is 36.4 Å². The van der Waals surface area contributed by atoms with Crippen LogP contribution in [0.5, 0.6) is 5.75 Å². The Labute approximate surface area is 145 Å². The summed E-state index contributed by atoms with van der Waals surface area (Å²) in [7, 11) is 0. The molecule has 0 spiro atoms. The number of ether oxygens (including phenoxy) is 1. The predicted molar refractivity (Wildman–Crippen MR) is 94.1 cm³/mol. The topological polar surface area (TPSA) is 67.4 Å². The molecule has 2 N–H and O–H groups in total. The van der Waals surface area contributed by atoms with Gasteiger partial charge in [-0.2, -0.15) is 0 Å². The summed E-state index contributed by atoms with van der Waals surface area (Å²) >= 11 is 5.87. The Hall–Kier alpha value is -2.79. The van der Waals surface area contributed by atoms with Crippen LogP contribution in [0.3, 0.4) is 0 Å². The molecule has 0 unspecified atom stereocenters. The van der Waals surface area contributed by atoms with E-state index in [0.717, 1.165) is 5.56 Å². The molecule has 24 heavy (non-hydrogen) atoms. The number of nitrogens with one attached hydrogen (secondary N) is 2. The maximum absolute atomic E-state index is 11.9. The van der Waals surface area contributed by atoms with Crippen molar-refractivity contribution in [1.82, 2.24) is 5.32 Å². The first-order valence-electron chi connectivity index (χ1n) is 7.26. The second kappa shape index (κ2) is 8.74. The van der Waals surface area contributed by atoms with E-state index < -0.39 is 11.8 Å². The van der Waals surface area contributed by atoms with E-state index in [1.807, 2.05) is 6.07 Å². The maximum Gasteiger partial charge on any atom is 0.313 e. The quantitative estimate of drug-likeness (QED) is 0.625. The smallest absolute Gasteiger partial charge is 0.313 e. The largest absolute Gasteiger partial charge is 0.490 e. The van der Waals surface area contributed by atoms with Crippen LogP contribution in [0.25, 0.3) is 0 Å². The Balaban J connectivity index is 1.84. The van der Waals surface area contributed by atoms with Gasteiger partial charge in [0.25, 0.3) is 0 Å². The first-order chi connectivity index (χ1) is 11.6. The van der Waals surface area contributed by atoms with Crippen molar-refractivity contribution in [2.75, 3.05) is 11.9 Å². The van der Waals surface area contributed by atoms with Gasteiger partial charge in [0.1, 0.15) is 12.4 Å². The standard InChI is InChI=1S/C18H17ClN2O3/c1-2-10-24-16-8-6-15(7-9-16)21-18(23)17(22)20-12-13-4-3-5-14(19)11-13/h2-9,11H,1,10,12H2,(H,20,22)(H,21,23). The van der Waals surface area contributed by atoms with Crippen LogP contribution in [0.1, 0.15) is 5.56 Å². The average molecular weight is 345 g/mol. The van der Waals surface area contributed by atoms with Crippen molar-refractivity contribution in [1.29, 1.82) is 0 Å². The lowest BCUT2D eigenvalue weighted by atomic mass is 10.2. The van der Waals surface area contributed by atoms with Crippen LogP contribution in [-0.2, 0) is 16.1 Å². The predicted octanol–water partition coefficient (Wildman–Crippen LogP) is 3.16. The van der Waals surface area contributed by atoms with Crippen LogP contribution in [-0.4, -0.2) is 18.4 Å². The summed E-state index contributed by atoms with van der Waals surface area (Å²) in [5.74, 6) is -0.808.